The molecule has 2 bridgehead atoms. The Morgan fingerprint density at radius 2 is 2.20 bits per heavy atom. The monoisotopic (exact) mass is 211 g/mol. The molecule has 2 aliphatic rings. The van der Waals surface area contributed by atoms with Gasteiger partial charge >= 0.3 is 0 Å². The fraction of sp³-hybridized carbons (Fsp3) is 0.909. The number of carbonyl (C=O) groups is 1. The summed E-state index contributed by atoms with van der Waals surface area (Å²) in [5, 5.41) is 6.21. The molecule has 15 heavy (non-hydrogen) atoms. The number of nitrogens with one attached hydrogen (secondary N) is 2. The first kappa shape index (κ1) is 10.9. The summed E-state index contributed by atoms with van der Waals surface area (Å²) in [6.45, 7) is 6.84. The van der Waals surface area contributed by atoms with E-state index in [9.17, 15) is 4.79 Å². The van der Waals surface area contributed by atoms with E-state index >= 15 is 0 Å². The van der Waals surface area contributed by atoms with Crippen molar-refractivity contribution >= 4 is 5.91 Å². The number of fused-ring (bicyclic) bond motifs is 2. The molecule has 0 spiro atoms. The zero-order valence-electron chi connectivity index (χ0n) is 9.46. The summed E-state index contributed by atoms with van der Waals surface area (Å²) >= 11 is 0. The van der Waals surface area contributed by atoms with E-state index in [1.165, 1.54) is 32.5 Å². The number of carbonyl (C=O) groups excluding carboxylic acids is 1. The molecule has 0 aromatic carbocycles. The number of hydrogen-bond donors (Lipinski definition) is 2. The second-order valence-corrected chi connectivity index (χ2v) is 4.58. The van der Waals surface area contributed by atoms with Crippen molar-refractivity contribution in [3.8, 4) is 0 Å². The van der Waals surface area contributed by atoms with Gasteiger partial charge in [0.05, 0.1) is 6.54 Å². The van der Waals surface area contributed by atoms with Gasteiger partial charge in [-0.25, -0.2) is 0 Å². The largest absolute Gasteiger partial charge is 0.355 e. The van der Waals surface area contributed by atoms with Gasteiger partial charge < -0.3 is 15.5 Å². The summed E-state index contributed by atoms with van der Waals surface area (Å²) in [7, 11) is 0. The van der Waals surface area contributed by atoms with Crippen LogP contribution in [0, 0.1) is 5.92 Å². The van der Waals surface area contributed by atoms with Crippen LogP contribution in [0.2, 0.25) is 0 Å². The molecule has 3 atom stereocenters. The van der Waals surface area contributed by atoms with E-state index in [4.69, 9.17) is 0 Å². The van der Waals surface area contributed by atoms with Gasteiger partial charge in [0, 0.05) is 19.1 Å². The molecule has 2 saturated heterocycles. The Kier molecular flexibility index (Phi) is 3.59. The summed E-state index contributed by atoms with van der Waals surface area (Å²) in [5.41, 5.74) is 0. The van der Waals surface area contributed by atoms with Crippen molar-refractivity contribution in [1.29, 1.82) is 0 Å². The maximum atomic E-state index is 11.3. The third kappa shape index (κ3) is 2.69. The Morgan fingerprint density at radius 3 is 3.00 bits per heavy atom. The van der Waals surface area contributed by atoms with Crippen LogP contribution in [0.15, 0.2) is 0 Å². The van der Waals surface area contributed by atoms with E-state index in [0.29, 0.717) is 12.6 Å². The van der Waals surface area contributed by atoms with E-state index in [-0.39, 0.29) is 5.91 Å². The number of piperidine rings is 1. The molecular weight excluding hydrogens is 190 g/mol. The molecule has 0 radical (unpaired) electrons. The maximum Gasteiger partial charge on any atom is 0.233 e. The number of nitrogens with zero attached hydrogens (tertiary/aromatic N) is 1. The lowest BCUT2D eigenvalue weighted by Crippen LogP contribution is -2.47. The van der Waals surface area contributed by atoms with Crippen LogP contribution < -0.4 is 10.6 Å². The number of amides is 1. The van der Waals surface area contributed by atoms with E-state index in [1.807, 2.05) is 6.92 Å². The zero-order chi connectivity index (χ0) is 10.7. The average molecular weight is 211 g/mol. The smallest absolute Gasteiger partial charge is 0.233 e. The van der Waals surface area contributed by atoms with E-state index in [1.54, 1.807) is 0 Å². The van der Waals surface area contributed by atoms with Crippen LogP contribution in [0.1, 0.15) is 19.8 Å². The quantitative estimate of drug-likeness (QED) is 0.677. The van der Waals surface area contributed by atoms with Crippen LogP contribution in [0.5, 0.6) is 0 Å². The fourth-order valence-corrected chi connectivity index (χ4v) is 2.70. The topological polar surface area (TPSA) is 44.4 Å². The molecule has 2 heterocycles. The van der Waals surface area contributed by atoms with Crippen LogP contribution in [0.25, 0.3) is 0 Å². The van der Waals surface area contributed by atoms with E-state index in [2.05, 4.69) is 15.5 Å². The van der Waals surface area contributed by atoms with Gasteiger partial charge in [-0.2, -0.15) is 0 Å². The molecular formula is C11H21N3O. The van der Waals surface area contributed by atoms with Crippen LogP contribution in [-0.4, -0.2) is 49.6 Å². The van der Waals surface area contributed by atoms with Crippen LogP contribution in [-0.2, 0) is 4.79 Å². The Balaban J connectivity index is 1.72. The predicted molar refractivity (Wildman–Crippen MR) is 59.6 cm³/mol. The molecule has 0 aromatic heterocycles. The first-order chi connectivity index (χ1) is 7.29. The second-order valence-electron chi connectivity index (χ2n) is 4.58. The van der Waals surface area contributed by atoms with Crippen LogP contribution >= 0.6 is 0 Å². The first-order valence-electron chi connectivity index (χ1n) is 6.02. The SMILES string of the molecule is CCNC(=O)CNC1CCN2CCC1C2. The molecule has 1 amide bonds. The molecule has 3 unspecified atom stereocenters. The minimum atomic E-state index is 0.123. The Morgan fingerprint density at radius 1 is 1.40 bits per heavy atom. The lowest BCUT2D eigenvalue weighted by atomic mass is 9.94. The van der Waals surface area contributed by atoms with Crippen molar-refractivity contribution in [2.45, 2.75) is 25.8 Å². The number of likely N-dealkylation sites (N-methyl/N-ethyl adjacent to an activating group) is 1. The van der Waals surface area contributed by atoms with Crippen LogP contribution in [0.4, 0.5) is 0 Å². The van der Waals surface area contributed by atoms with Crippen molar-refractivity contribution in [1.82, 2.24) is 15.5 Å². The Labute approximate surface area is 91.4 Å². The van der Waals surface area contributed by atoms with Crippen molar-refractivity contribution in [3.63, 3.8) is 0 Å². The number of rotatable bonds is 4. The maximum absolute atomic E-state index is 11.3. The number of hydrogen-bond acceptors (Lipinski definition) is 3. The Bertz CT molecular complexity index is 232. The summed E-state index contributed by atoms with van der Waals surface area (Å²) in [6.07, 6.45) is 2.50. The van der Waals surface area contributed by atoms with Gasteiger partial charge in [-0.1, -0.05) is 0 Å². The van der Waals surface area contributed by atoms with Gasteiger partial charge in [0.2, 0.25) is 5.91 Å². The molecule has 0 aromatic rings. The first-order valence-corrected chi connectivity index (χ1v) is 6.02. The van der Waals surface area contributed by atoms with Crippen molar-refractivity contribution in [2.24, 2.45) is 5.92 Å². The molecule has 0 aliphatic carbocycles. The molecule has 2 fully saturated rings. The fourth-order valence-electron chi connectivity index (χ4n) is 2.70. The molecule has 2 aliphatic heterocycles. The average Bonchev–Trinajstić information content (AvgIpc) is 2.61. The standard InChI is InChI=1S/C11H21N3O/c1-2-12-11(15)7-13-10-4-6-14-5-3-9(10)8-14/h9-10,13H,2-8H2,1H3,(H,12,15). The summed E-state index contributed by atoms with van der Waals surface area (Å²) in [6, 6.07) is 0.561. The Hall–Kier alpha value is -0.610. The highest BCUT2D eigenvalue weighted by Crippen LogP contribution is 2.26. The zero-order valence-corrected chi connectivity index (χ0v) is 9.46. The molecule has 4 heteroatoms. The summed E-state index contributed by atoms with van der Waals surface area (Å²) < 4.78 is 0. The van der Waals surface area contributed by atoms with Crippen LogP contribution in [0.3, 0.4) is 0 Å². The molecule has 86 valence electrons. The van der Waals surface area contributed by atoms with Gasteiger partial charge in [-0.05, 0) is 38.8 Å². The lowest BCUT2D eigenvalue weighted by molar-refractivity contribution is -0.120. The molecule has 4 nitrogen and oxygen atoms in total. The summed E-state index contributed by atoms with van der Waals surface area (Å²) in [4.78, 5) is 13.8. The van der Waals surface area contributed by atoms with Crippen molar-refractivity contribution < 1.29 is 4.79 Å². The molecule has 2 rings (SSSR count). The molecule has 0 saturated carbocycles. The third-order valence-corrected chi connectivity index (χ3v) is 3.53. The van der Waals surface area contributed by atoms with E-state index in [0.717, 1.165) is 12.5 Å². The predicted octanol–water partition coefficient (Wildman–Crippen LogP) is -0.194. The van der Waals surface area contributed by atoms with Crippen molar-refractivity contribution in [3.05, 3.63) is 0 Å². The highest BCUT2D eigenvalue weighted by atomic mass is 16.1. The van der Waals surface area contributed by atoms with Crippen molar-refractivity contribution in [2.75, 3.05) is 32.7 Å². The van der Waals surface area contributed by atoms with Gasteiger partial charge in [0.15, 0.2) is 0 Å². The van der Waals surface area contributed by atoms with Gasteiger partial charge in [-0.3, -0.25) is 4.79 Å². The minimum absolute atomic E-state index is 0.123. The molecule has 2 N–H and O–H groups in total. The minimum Gasteiger partial charge on any atom is -0.355 e. The van der Waals surface area contributed by atoms with E-state index < -0.39 is 0 Å². The van der Waals surface area contributed by atoms with Gasteiger partial charge in [0.25, 0.3) is 0 Å². The third-order valence-electron chi connectivity index (χ3n) is 3.53. The summed E-state index contributed by atoms with van der Waals surface area (Å²) in [5.74, 6) is 0.895. The second kappa shape index (κ2) is 4.94. The highest BCUT2D eigenvalue weighted by Gasteiger charge is 2.33. The lowest BCUT2D eigenvalue weighted by Gasteiger charge is -2.30. The van der Waals surface area contributed by atoms with Gasteiger partial charge in [0.1, 0.15) is 0 Å². The normalized spacial score (nSPS) is 34.1. The highest BCUT2D eigenvalue weighted by molar-refractivity contribution is 5.77. The van der Waals surface area contributed by atoms with Gasteiger partial charge in [-0.15, -0.1) is 0 Å².